The third-order valence-electron chi connectivity index (χ3n) is 2.75. The van der Waals surface area contributed by atoms with Gasteiger partial charge >= 0.3 is 0 Å². The van der Waals surface area contributed by atoms with Crippen molar-refractivity contribution in [2.75, 3.05) is 26.2 Å². The molecular formula is C11H22N4S. The Kier molecular flexibility index (Phi) is 6.52. The van der Waals surface area contributed by atoms with Crippen LogP contribution in [-0.4, -0.2) is 40.7 Å². The molecule has 0 saturated carbocycles. The standard InChI is InChI=1S/C11H22N4S/c1-4-10-11(16-14-13-10)9-12-7-8-15(5-2)6-3/h12H,4-9H2,1-3H3. The molecule has 0 radical (unpaired) electrons. The van der Waals surface area contributed by atoms with Gasteiger partial charge in [0, 0.05) is 19.6 Å². The molecule has 1 aromatic heterocycles. The minimum atomic E-state index is 0.905. The largest absolute Gasteiger partial charge is 0.310 e. The highest BCUT2D eigenvalue weighted by Crippen LogP contribution is 2.10. The second-order valence-corrected chi connectivity index (χ2v) is 4.54. The molecule has 0 unspecified atom stereocenters. The summed E-state index contributed by atoms with van der Waals surface area (Å²) in [4.78, 5) is 3.70. The summed E-state index contributed by atoms with van der Waals surface area (Å²) in [6, 6.07) is 0. The van der Waals surface area contributed by atoms with Gasteiger partial charge in [0.15, 0.2) is 0 Å². The number of aromatic nitrogens is 2. The molecule has 0 bridgehead atoms. The van der Waals surface area contributed by atoms with E-state index < -0.39 is 0 Å². The maximum absolute atomic E-state index is 4.10. The minimum Gasteiger partial charge on any atom is -0.310 e. The van der Waals surface area contributed by atoms with Crippen LogP contribution in [0.3, 0.4) is 0 Å². The third kappa shape index (κ3) is 4.15. The van der Waals surface area contributed by atoms with E-state index in [1.54, 1.807) is 0 Å². The highest BCUT2D eigenvalue weighted by atomic mass is 32.1. The number of nitrogens with zero attached hydrogens (tertiary/aromatic N) is 3. The summed E-state index contributed by atoms with van der Waals surface area (Å²) in [5, 5.41) is 7.55. The molecule has 0 aliphatic rings. The van der Waals surface area contributed by atoms with E-state index in [1.807, 2.05) is 0 Å². The topological polar surface area (TPSA) is 41.1 Å². The first kappa shape index (κ1) is 13.5. The molecule has 0 aromatic carbocycles. The minimum absolute atomic E-state index is 0.905. The van der Waals surface area contributed by atoms with E-state index in [0.29, 0.717) is 0 Å². The molecule has 1 N–H and O–H groups in total. The van der Waals surface area contributed by atoms with Crippen LogP contribution in [0.2, 0.25) is 0 Å². The Morgan fingerprint density at radius 2 is 2.00 bits per heavy atom. The third-order valence-corrected chi connectivity index (χ3v) is 3.52. The van der Waals surface area contributed by atoms with E-state index in [2.05, 4.69) is 40.6 Å². The van der Waals surface area contributed by atoms with Crippen molar-refractivity contribution in [1.29, 1.82) is 0 Å². The molecule has 92 valence electrons. The number of rotatable bonds is 8. The maximum atomic E-state index is 4.10. The first-order valence-corrected chi connectivity index (χ1v) is 6.82. The van der Waals surface area contributed by atoms with Gasteiger partial charge in [-0.15, -0.1) is 5.10 Å². The van der Waals surface area contributed by atoms with Crippen LogP contribution < -0.4 is 5.32 Å². The molecular weight excluding hydrogens is 220 g/mol. The number of hydrogen-bond acceptors (Lipinski definition) is 5. The van der Waals surface area contributed by atoms with Crippen molar-refractivity contribution >= 4 is 11.5 Å². The van der Waals surface area contributed by atoms with E-state index >= 15 is 0 Å². The van der Waals surface area contributed by atoms with Gasteiger partial charge in [0.2, 0.25) is 0 Å². The lowest BCUT2D eigenvalue weighted by atomic mass is 10.3. The maximum Gasteiger partial charge on any atom is 0.0797 e. The van der Waals surface area contributed by atoms with Crippen LogP contribution in [0.4, 0.5) is 0 Å². The summed E-state index contributed by atoms with van der Waals surface area (Å²) in [6.07, 6.45) is 0.976. The van der Waals surface area contributed by atoms with Crippen LogP contribution in [0.1, 0.15) is 31.3 Å². The van der Waals surface area contributed by atoms with E-state index in [1.165, 1.54) is 16.4 Å². The molecule has 0 spiro atoms. The van der Waals surface area contributed by atoms with Crippen molar-refractivity contribution in [2.24, 2.45) is 0 Å². The molecule has 1 aromatic rings. The van der Waals surface area contributed by atoms with Crippen molar-refractivity contribution in [3.05, 3.63) is 10.6 Å². The average Bonchev–Trinajstić information content (AvgIpc) is 2.77. The van der Waals surface area contributed by atoms with Gasteiger partial charge in [-0.2, -0.15) is 0 Å². The first-order valence-electron chi connectivity index (χ1n) is 6.04. The van der Waals surface area contributed by atoms with Gasteiger partial charge in [-0.05, 0) is 31.0 Å². The van der Waals surface area contributed by atoms with Gasteiger partial charge in [0.05, 0.1) is 10.6 Å². The fourth-order valence-corrected chi connectivity index (χ4v) is 2.30. The van der Waals surface area contributed by atoms with Gasteiger partial charge in [0.25, 0.3) is 0 Å². The summed E-state index contributed by atoms with van der Waals surface area (Å²) in [5.41, 5.74) is 1.14. The van der Waals surface area contributed by atoms with Crippen LogP contribution in [0.5, 0.6) is 0 Å². The van der Waals surface area contributed by atoms with Crippen molar-refractivity contribution in [3.63, 3.8) is 0 Å². The van der Waals surface area contributed by atoms with Gasteiger partial charge in [0.1, 0.15) is 0 Å². The van der Waals surface area contributed by atoms with E-state index in [0.717, 1.165) is 44.8 Å². The molecule has 1 rings (SSSR count). The highest BCUT2D eigenvalue weighted by molar-refractivity contribution is 7.05. The summed E-state index contributed by atoms with van der Waals surface area (Å²) in [5.74, 6) is 0. The smallest absolute Gasteiger partial charge is 0.0797 e. The lowest BCUT2D eigenvalue weighted by Gasteiger charge is -2.17. The van der Waals surface area contributed by atoms with Crippen molar-refractivity contribution in [2.45, 2.75) is 33.7 Å². The normalized spacial score (nSPS) is 11.2. The fourth-order valence-electron chi connectivity index (χ4n) is 1.61. The van der Waals surface area contributed by atoms with E-state index in [-0.39, 0.29) is 0 Å². The second kappa shape index (κ2) is 7.70. The molecule has 0 aliphatic carbocycles. The Bertz CT molecular complexity index is 283. The van der Waals surface area contributed by atoms with Crippen LogP contribution >= 0.6 is 11.5 Å². The quantitative estimate of drug-likeness (QED) is 0.702. The molecule has 0 fully saturated rings. The SMILES string of the molecule is CCc1nnsc1CNCCN(CC)CC. The monoisotopic (exact) mass is 242 g/mol. The summed E-state index contributed by atoms with van der Waals surface area (Å²) >= 11 is 1.51. The van der Waals surface area contributed by atoms with Crippen LogP contribution in [0.15, 0.2) is 0 Å². The number of likely N-dealkylation sites (N-methyl/N-ethyl adjacent to an activating group) is 1. The summed E-state index contributed by atoms with van der Waals surface area (Å²) in [7, 11) is 0. The molecule has 0 saturated heterocycles. The van der Waals surface area contributed by atoms with Crippen LogP contribution in [0.25, 0.3) is 0 Å². The molecule has 0 atom stereocenters. The zero-order chi connectivity index (χ0) is 11.8. The molecule has 5 heteroatoms. The van der Waals surface area contributed by atoms with E-state index in [9.17, 15) is 0 Å². The predicted octanol–water partition coefficient (Wildman–Crippen LogP) is 1.53. The molecule has 0 aliphatic heterocycles. The molecule has 16 heavy (non-hydrogen) atoms. The fraction of sp³-hybridized carbons (Fsp3) is 0.818. The number of nitrogens with one attached hydrogen (secondary N) is 1. The Morgan fingerprint density at radius 1 is 1.25 bits per heavy atom. The van der Waals surface area contributed by atoms with Crippen LogP contribution in [-0.2, 0) is 13.0 Å². The average molecular weight is 242 g/mol. The van der Waals surface area contributed by atoms with E-state index in [4.69, 9.17) is 0 Å². The zero-order valence-electron chi connectivity index (χ0n) is 10.5. The molecule has 4 nitrogen and oxygen atoms in total. The van der Waals surface area contributed by atoms with Gasteiger partial charge < -0.3 is 10.2 Å². The van der Waals surface area contributed by atoms with Crippen molar-refractivity contribution < 1.29 is 0 Å². The Labute approximate surface area is 102 Å². The van der Waals surface area contributed by atoms with Gasteiger partial charge in [-0.3, -0.25) is 0 Å². The Balaban J connectivity index is 2.20. The lowest BCUT2D eigenvalue weighted by molar-refractivity contribution is 0.302. The first-order chi connectivity index (χ1) is 7.81. The van der Waals surface area contributed by atoms with Crippen molar-refractivity contribution in [1.82, 2.24) is 19.8 Å². The second-order valence-electron chi connectivity index (χ2n) is 3.70. The van der Waals surface area contributed by atoms with Crippen molar-refractivity contribution in [3.8, 4) is 0 Å². The predicted molar refractivity (Wildman–Crippen MR) is 68.8 cm³/mol. The Morgan fingerprint density at radius 3 is 2.62 bits per heavy atom. The number of hydrogen-bond donors (Lipinski definition) is 1. The summed E-state index contributed by atoms with van der Waals surface area (Å²) in [6.45, 7) is 11.8. The Hall–Kier alpha value is -0.520. The number of aryl methyl sites for hydroxylation is 1. The van der Waals surface area contributed by atoms with Gasteiger partial charge in [-0.1, -0.05) is 25.3 Å². The van der Waals surface area contributed by atoms with Crippen LogP contribution in [0, 0.1) is 0 Å². The van der Waals surface area contributed by atoms with Gasteiger partial charge in [-0.25, -0.2) is 0 Å². The molecule has 0 amide bonds. The highest BCUT2D eigenvalue weighted by Gasteiger charge is 2.05. The lowest BCUT2D eigenvalue weighted by Crippen LogP contribution is -2.31. The zero-order valence-corrected chi connectivity index (χ0v) is 11.3. The summed E-state index contributed by atoms with van der Waals surface area (Å²) < 4.78 is 3.98. The molecule has 1 heterocycles.